The van der Waals surface area contributed by atoms with Crippen LogP contribution in [0.1, 0.15) is 0 Å². The summed E-state index contributed by atoms with van der Waals surface area (Å²) in [5, 5.41) is 10.7. The number of aromatic nitrogens is 1. The van der Waals surface area contributed by atoms with Gasteiger partial charge in [0.25, 0.3) is 0 Å². The molecule has 114 valence electrons. The summed E-state index contributed by atoms with van der Waals surface area (Å²) in [6.07, 6.45) is 1.60. The van der Waals surface area contributed by atoms with Crippen LogP contribution in [0.25, 0.3) is 21.9 Å². The van der Waals surface area contributed by atoms with E-state index < -0.39 is 5.82 Å². The molecule has 0 saturated carbocycles. The van der Waals surface area contributed by atoms with Crippen molar-refractivity contribution in [2.24, 2.45) is 0 Å². The molecule has 0 aliphatic carbocycles. The van der Waals surface area contributed by atoms with Crippen molar-refractivity contribution in [2.75, 3.05) is 6.61 Å². The fourth-order valence-corrected chi connectivity index (χ4v) is 2.79. The van der Waals surface area contributed by atoms with Crippen molar-refractivity contribution in [1.82, 2.24) is 4.98 Å². The van der Waals surface area contributed by atoms with E-state index in [-0.39, 0.29) is 6.61 Å². The maximum Gasteiger partial charge on any atom is 0.174 e. The molecular weight excluding hydrogens is 338 g/mol. The first-order valence-corrected chi connectivity index (χ1v) is 7.39. The highest BCUT2D eigenvalue weighted by Crippen LogP contribution is 2.36. The molecule has 3 nitrogen and oxygen atoms in total. The quantitative estimate of drug-likeness (QED) is 0.608. The van der Waals surface area contributed by atoms with E-state index in [0.717, 1.165) is 10.9 Å². The first-order chi connectivity index (χ1) is 11.1. The highest BCUT2D eigenvalue weighted by Gasteiger charge is 2.12. The van der Waals surface area contributed by atoms with Crippen molar-refractivity contribution in [2.45, 2.75) is 0 Å². The van der Waals surface area contributed by atoms with E-state index in [1.54, 1.807) is 24.4 Å². The number of hydrogen-bond donors (Lipinski definition) is 0. The van der Waals surface area contributed by atoms with E-state index >= 15 is 0 Å². The average Bonchev–Trinajstić information content (AvgIpc) is 2.54. The molecule has 0 aliphatic rings. The lowest BCUT2D eigenvalue weighted by atomic mass is 10.0. The zero-order chi connectivity index (χ0) is 16.4. The molecule has 1 heterocycles. The Balaban J connectivity index is 2.19. The molecule has 3 aromatic rings. The Kier molecular flexibility index (Phi) is 4.33. The van der Waals surface area contributed by atoms with E-state index in [1.165, 1.54) is 12.1 Å². The molecule has 0 amide bonds. The maximum absolute atomic E-state index is 13.2. The number of benzene rings is 2. The molecule has 0 fully saturated rings. The van der Waals surface area contributed by atoms with Gasteiger partial charge in [0.05, 0.1) is 5.02 Å². The first-order valence-electron chi connectivity index (χ1n) is 6.63. The van der Waals surface area contributed by atoms with Crippen molar-refractivity contribution in [1.29, 1.82) is 5.26 Å². The molecule has 3 rings (SSSR count). The summed E-state index contributed by atoms with van der Waals surface area (Å²) < 4.78 is 18.5. The van der Waals surface area contributed by atoms with Crippen molar-refractivity contribution in [3.05, 3.63) is 58.6 Å². The molecule has 0 aliphatic heterocycles. The molecular formula is C17H9Cl2FN2O. The minimum Gasteiger partial charge on any atom is -0.479 e. The van der Waals surface area contributed by atoms with Crippen LogP contribution in [0.2, 0.25) is 10.2 Å². The van der Waals surface area contributed by atoms with Crippen LogP contribution >= 0.6 is 23.2 Å². The van der Waals surface area contributed by atoms with Gasteiger partial charge in [-0.1, -0.05) is 23.2 Å². The third-order valence-electron chi connectivity index (χ3n) is 3.34. The second-order valence-electron chi connectivity index (χ2n) is 4.74. The Morgan fingerprint density at radius 2 is 1.91 bits per heavy atom. The fraction of sp³-hybridized carbons (Fsp3) is 0.0588. The Morgan fingerprint density at radius 1 is 1.09 bits per heavy atom. The predicted molar refractivity (Wildman–Crippen MR) is 88.3 cm³/mol. The summed E-state index contributed by atoms with van der Waals surface area (Å²) in [6, 6.07) is 11.3. The van der Waals surface area contributed by atoms with Gasteiger partial charge in [0.15, 0.2) is 6.61 Å². The number of rotatable bonds is 3. The molecule has 2 aromatic carbocycles. The Bertz CT molecular complexity index is 938. The van der Waals surface area contributed by atoms with Gasteiger partial charge in [-0.25, -0.2) is 9.37 Å². The van der Waals surface area contributed by atoms with E-state index in [0.29, 0.717) is 26.9 Å². The standard InChI is InChI=1S/C17H9Cl2FN2O/c18-16-7-10(20)1-3-13(16)15-9-22-17(19)14-8-11(23-6-5-21)2-4-12(14)15/h1-4,7-9H,6H2. The number of fused-ring (bicyclic) bond motifs is 1. The zero-order valence-corrected chi connectivity index (χ0v) is 13.2. The molecule has 0 bridgehead atoms. The number of hydrogen-bond acceptors (Lipinski definition) is 3. The fourth-order valence-electron chi connectivity index (χ4n) is 2.32. The van der Waals surface area contributed by atoms with Crippen LogP contribution in [0.3, 0.4) is 0 Å². The minimum atomic E-state index is -0.405. The smallest absolute Gasteiger partial charge is 0.174 e. The van der Waals surface area contributed by atoms with E-state index in [1.807, 2.05) is 12.1 Å². The van der Waals surface area contributed by atoms with Crippen molar-refractivity contribution in [3.63, 3.8) is 0 Å². The van der Waals surface area contributed by atoms with Crippen molar-refractivity contribution >= 4 is 34.0 Å². The summed E-state index contributed by atoms with van der Waals surface area (Å²) in [7, 11) is 0. The molecule has 0 atom stereocenters. The summed E-state index contributed by atoms with van der Waals surface area (Å²) in [6.45, 7) is -0.0555. The van der Waals surface area contributed by atoms with Crippen LogP contribution in [0, 0.1) is 17.1 Å². The minimum absolute atomic E-state index is 0.0555. The summed E-state index contributed by atoms with van der Waals surface area (Å²) in [5.74, 6) is 0.113. The Morgan fingerprint density at radius 3 is 2.65 bits per heavy atom. The van der Waals surface area contributed by atoms with Crippen LogP contribution in [-0.4, -0.2) is 11.6 Å². The van der Waals surface area contributed by atoms with Gasteiger partial charge < -0.3 is 4.74 Å². The Labute approximate surface area is 141 Å². The second kappa shape index (κ2) is 6.41. The van der Waals surface area contributed by atoms with Crippen LogP contribution in [0.4, 0.5) is 4.39 Å². The van der Waals surface area contributed by atoms with Gasteiger partial charge in [0.2, 0.25) is 0 Å². The summed E-state index contributed by atoms with van der Waals surface area (Å²) in [5.41, 5.74) is 1.40. The first kappa shape index (κ1) is 15.5. The van der Waals surface area contributed by atoms with Gasteiger partial charge in [-0.05, 0) is 41.8 Å². The molecule has 0 radical (unpaired) electrons. The SMILES string of the molecule is N#CCOc1ccc2c(-c3ccc(F)cc3Cl)cnc(Cl)c2c1. The molecule has 0 spiro atoms. The van der Waals surface area contributed by atoms with Crippen LogP contribution in [-0.2, 0) is 0 Å². The van der Waals surface area contributed by atoms with Gasteiger partial charge in [0.1, 0.15) is 22.8 Å². The van der Waals surface area contributed by atoms with Crippen LogP contribution in [0.5, 0.6) is 5.75 Å². The Hall–Kier alpha value is -2.35. The third-order valence-corrected chi connectivity index (χ3v) is 3.95. The van der Waals surface area contributed by atoms with Crippen molar-refractivity contribution in [3.8, 4) is 22.9 Å². The van der Waals surface area contributed by atoms with Gasteiger partial charge in [-0.3, -0.25) is 0 Å². The van der Waals surface area contributed by atoms with Crippen LogP contribution < -0.4 is 4.74 Å². The lowest BCUT2D eigenvalue weighted by molar-refractivity contribution is 0.368. The largest absolute Gasteiger partial charge is 0.479 e. The molecule has 0 unspecified atom stereocenters. The number of nitrogens with zero attached hydrogens (tertiary/aromatic N) is 2. The molecule has 0 saturated heterocycles. The monoisotopic (exact) mass is 346 g/mol. The summed E-state index contributed by atoms with van der Waals surface area (Å²) >= 11 is 12.3. The van der Waals surface area contributed by atoms with Gasteiger partial charge in [-0.15, -0.1) is 0 Å². The van der Waals surface area contributed by atoms with E-state index in [4.69, 9.17) is 33.2 Å². The van der Waals surface area contributed by atoms with Crippen molar-refractivity contribution < 1.29 is 9.13 Å². The predicted octanol–water partition coefficient (Wildman–Crippen LogP) is 5.25. The molecule has 0 N–H and O–H groups in total. The number of halogens is 3. The van der Waals surface area contributed by atoms with Gasteiger partial charge in [-0.2, -0.15) is 5.26 Å². The molecule has 6 heteroatoms. The highest BCUT2D eigenvalue weighted by molar-refractivity contribution is 6.36. The lowest BCUT2D eigenvalue weighted by Crippen LogP contribution is -1.94. The normalized spacial score (nSPS) is 10.5. The third kappa shape index (κ3) is 3.07. The highest BCUT2D eigenvalue weighted by atomic mass is 35.5. The molecule has 23 heavy (non-hydrogen) atoms. The average molecular weight is 347 g/mol. The van der Waals surface area contributed by atoms with Gasteiger partial charge >= 0.3 is 0 Å². The number of nitriles is 1. The maximum atomic E-state index is 13.2. The number of ether oxygens (including phenoxy) is 1. The van der Waals surface area contributed by atoms with E-state index in [9.17, 15) is 4.39 Å². The molecule has 1 aromatic heterocycles. The second-order valence-corrected chi connectivity index (χ2v) is 5.51. The van der Waals surface area contributed by atoms with Crippen LogP contribution in [0.15, 0.2) is 42.6 Å². The topological polar surface area (TPSA) is 45.9 Å². The van der Waals surface area contributed by atoms with Gasteiger partial charge in [0, 0.05) is 22.7 Å². The lowest BCUT2D eigenvalue weighted by Gasteiger charge is -2.11. The summed E-state index contributed by atoms with van der Waals surface area (Å²) in [4.78, 5) is 4.16. The number of pyridine rings is 1. The zero-order valence-electron chi connectivity index (χ0n) is 11.7. The van der Waals surface area contributed by atoms with E-state index in [2.05, 4.69) is 4.98 Å².